The Morgan fingerprint density at radius 2 is 1.61 bits per heavy atom. The Morgan fingerprint density at radius 1 is 0.949 bits per heavy atom. The largest absolute Gasteiger partial charge is 0.507 e. The van der Waals surface area contributed by atoms with Crippen LogP contribution in [0.4, 0.5) is 5.69 Å². The Labute approximate surface area is 344 Å². The number of nitrogens with one attached hydrogen (secondary N) is 1. The molecule has 59 heavy (non-hydrogen) atoms. The van der Waals surface area contributed by atoms with E-state index in [2.05, 4.69) is 15.3 Å². The normalized spacial score (nSPS) is 32.1. The van der Waals surface area contributed by atoms with Crippen LogP contribution in [0.1, 0.15) is 70.0 Å². The predicted molar refractivity (Wildman–Crippen MR) is 220 cm³/mol. The number of esters is 1. The van der Waals surface area contributed by atoms with Crippen molar-refractivity contribution in [1.82, 2.24) is 9.91 Å². The molecule has 4 aliphatic heterocycles. The number of aromatic hydroxyl groups is 3. The Hall–Kier alpha value is -5.16. The first-order chi connectivity index (χ1) is 27.7. The standard InChI is InChI=1S/C43H58N4O12/c1-21-12-11-13-22(2)42(55)45-33-28(20-44-47-17-15-46(9)16-18-47)37(52)30-31(38(33)53)36(51)26(6)40-32(30)41(54)43(8,59-40)57-19-14-29(56-10)23(3)39(58-27(7)48)25(5)35(50)24(4)34(21)49/h11-14,19-21,23-25,29,34-35,39,49-53H,15-18H2,1-10H3,(H,45,55)/b12-11+,19-14+,22-13-,44-20-/t21-,23+,24+,25-,29-,34-,35+,39+,43-/m0/s1. The molecule has 2 aromatic carbocycles. The summed E-state index contributed by atoms with van der Waals surface area (Å²) in [6.45, 7) is 15.1. The van der Waals surface area contributed by atoms with Crippen molar-refractivity contribution in [3.8, 4) is 23.0 Å². The number of hydrogen-bond donors (Lipinski definition) is 6. The third-order valence-electron chi connectivity index (χ3n) is 11.9. The highest BCUT2D eigenvalue weighted by atomic mass is 16.7. The molecule has 0 saturated carbocycles. The van der Waals surface area contributed by atoms with E-state index in [9.17, 15) is 39.9 Å². The van der Waals surface area contributed by atoms with E-state index < -0.39 is 88.8 Å². The highest BCUT2D eigenvalue weighted by Gasteiger charge is 2.50. The number of likely N-dealkylation sites (N-methyl/N-ethyl adjacent to an activating group) is 1. The second-order valence-electron chi connectivity index (χ2n) is 16.1. The van der Waals surface area contributed by atoms with Gasteiger partial charge in [-0.15, -0.1) is 0 Å². The van der Waals surface area contributed by atoms with Gasteiger partial charge in [0, 0.05) is 87.3 Å². The number of phenolic OH excluding ortho intramolecular Hbond substituents is 3. The van der Waals surface area contributed by atoms with E-state index in [4.69, 9.17) is 18.9 Å². The Bertz CT molecular complexity index is 2070. The number of ether oxygens (including phenoxy) is 4. The van der Waals surface area contributed by atoms with Gasteiger partial charge in [0.05, 0.1) is 53.0 Å². The lowest BCUT2D eigenvalue weighted by Crippen LogP contribution is -2.46. The van der Waals surface area contributed by atoms with E-state index >= 15 is 0 Å². The molecule has 1 amide bonds. The van der Waals surface area contributed by atoms with Crippen LogP contribution in [0.25, 0.3) is 10.8 Å². The second kappa shape index (κ2) is 18.0. The van der Waals surface area contributed by atoms with Gasteiger partial charge in [0.2, 0.25) is 0 Å². The highest BCUT2D eigenvalue weighted by molar-refractivity contribution is 6.23. The van der Waals surface area contributed by atoms with Crippen molar-refractivity contribution in [3.63, 3.8) is 0 Å². The summed E-state index contributed by atoms with van der Waals surface area (Å²) in [6.07, 6.45) is 4.86. The average molecular weight is 823 g/mol. The molecule has 6 N–H and O–H groups in total. The Kier molecular flexibility index (Phi) is 13.7. The number of anilines is 1. The maximum Gasteiger partial charge on any atom is 0.312 e. The molecule has 322 valence electrons. The molecule has 5 bridgehead atoms. The third kappa shape index (κ3) is 8.91. The van der Waals surface area contributed by atoms with Gasteiger partial charge >= 0.3 is 11.8 Å². The van der Waals surface area contributed by atoms with Crippen LogP contribution in [0.5, 0.6) is 23.0 Å². The number of methoxy groups -OCH3 is 1. The van der Waals surface area contributed by atoms with Gasteiger partial charge in [0.25, 0.3) is 11.7 Å². The minimum atomic E-state index is -2.04. The summed E-state index contributed by atoms with van der Waals surface area (Å²) in [7, 11) is 3.42. The maximum atomic E-state index is 14.4. The van der Waals surface area contributed by atoms with Gasteiger partial charge in [0.15, 0.2) is 5.75 Å². The number of fused-ring (bicyclic) bond motifs is 14. The molecule has 1 fully saturated rings. The van der Waals surface area contributed by atoms with Crippen LogP contribution in [0.15, 0.2) is 41.2 Å². The fourth-order valence-electron chi connectivity index (χ4n) is 7.92. The van der Waals surface area contributed by atoms with E-state index in [-0.39, 0.29) is 44.5 Å². The summed E-state index contributed by atoms with van der Waals surface area (Å²) in [6, 6.07) is 0. The van der Waals surface area contributed by atoms with Crippen molar-refractivity contribution in [2.24, 2.45) is 28.8 Å². The monoisotopic (exact) mass is 822 g/mol. The number of aliphatic hydroxyl groups excluding tert-OH is 2. The van der Waals surface area contributed by atoms with Crippen molar-refractivity contribution in [2.45, 2.75) is 85.6 Å². The van der Waals surface area contributed by atoms with Crippen molar-refractivity contribution < 1.29 is 58.9 Å². The predicted octanol–water partition coefficient (Wildman–Crippen LogP) is 4.34. The fourth-order valence-corrected chi connectivity index (χ4v) is 7.92. The lowest BCUT2D eigenvalue weighted by molar-refractivity contribution is -0.160. The van der Waals surface area contributed by atoms with Crippen LogP contribution >= 0.6 is 0 Å². The number of allylic oxidation sites excluding steroid dienone is 2. The van der Waals surface area contributed by atoms with Crippen molar-refractivity contribution in [2.75, 3.05) is 45.7 Å². The Morgan fingerprint density at radius 3 is 2.24 bits per heavy atom. The summed E-state index contributed by atoms with van der Waals surface area (Å²) in [5, 5.41) is 66.8. The molecule has 0 aliphatic carbocycles. The zero-order valence-electron chi connectivity index (χ0n) is 35.3. The topological polar surface area (TPSA) is 220 Å². The molecule has 0 unspecified atom stereocenters. The number of carbonyl (C=O) groups is 3. The fraction of sp³-hybridized carbons (Fsp3) is 0.535. The number of Topliss-reactive ketones (excluding diaryl/α,β-unsaturated/α-hetero) is 1. The first-order valence-electron chi connectivity index (χ1n) is 19.8. The number of carbonyl (C=O) groups excluding carboxylic acids is 3. The molecule has 2 aromatic rings. The molecule has 4 heterocycles. The minimum absolute atomic E-state index is 0.0559. The molecule has 0 radical (unpaired) electrons. The van der Waals surface area contributed by atoms with Crippen LogP contribution in [0, 0.1) is 30.6 Å². The van der Waals surface area contributed by atoms with Crippen LogP contribution in [-0.2, 0) is 23.8 Å². The van der Waals surface area contributed by atoms with Gasteiger partial charge in [0.1, 0.15) is 23.4 Å². The first-order valence-corrected chi connectivity index (χ1v) is 19.8. The summed E-state index contributed by atoms with van der Waals surface area (Å²) in [4.78, 5) is 42.6. The number of ketones is 1. The molecular formula is C43H58N4O12. The van der Waals surface area contributed by atoms with E-state index in [0.717, 1.165) is 13.1 Å². The van der Waals surface area contributed by atoms with E-state index in [1.54, 1.807) is 44.9 Å². The number of piperazine rings is 1. The van der Waals surface area contributed by atoms with Crippen LogP contribution < -0.4 is 10.1 Å². The zero-order valence-corrected chi connectivity index (χ0v) is 35.3. The molecule has 0 spiro atoms. The molecule has 0 aromatic heterocycles. The molecular weight excluding hydrogens is 764 g/mol. The molecule has 16 heteroatoms. The van der Waals surface area contributed by atoms with Crippen molar-refractivity contribution in [1.29, 1.82) is 0 Å². The average Bonchev–Trinajstić information content (AvgIpc) is 3.46. The Balaban J connectivity index is 1.70. The number of rotatable bonds is 4. The van der Waals surface area contributed by atoms with Gasteiger partial charge in [-0.05, 0) is 27.0 Å². The minimum Gasteiger partial charge on any atom is -0.507 e. The number of amides is 1. The molecule has 6 rings (SSSR count). The molecule has 16 nitrogen and oxygen atoms in total. The number of nitrogens with zero attached hydrogens (tertiary/aromatic N) is 3. The highest BCUT2D eigenvalue weighted by Crippen LogP contribution is 2.55. The van der Waals surface area contributed by atoms with Gasteiger partial charge < -0.3 is 54.7 Å². The SMILES string of the molecule is CO[C@H]1/C=C/O[C@@]2(C)Oc3c(C)c(O)c4c(O)c(c(/C=N\N5CCN(C)CC5)c(O)c4c3C2=O)NC(=O)/C(C)=C\C=C\[C@H](C)[C@H](O)[C@@H](C)[C@@H](O)[C@H](C)[C@H](OC(C)=O)[C@@H]1C. The quantitative estimate of drug-likeness (QED) is 0.109. The number of benzene rings is 2. The van der Waals surface area contributed by atoms with Crippen molar-refractivity contribution in [3.05, 3.63) is 52.8 Å². The number of aliphatic hydroxyl groups is 2. The van der Waals surface area contributed by atoms with E-state index in [0.29, 0.717) is 13.1 Å². The van der Waals surface area contributed by atoms with Crippen molar-refractivity contribution >= 4 is 40.3 Å². The molecule has 1 saturated heterocycles. The molecule has 4 aliphatic rings. The third-order valence-corrected chi connectivity index (χ3v) is 11.9. The second-order valence-corrected chi connectivity index (χ2v) is 16.1. The molecule has 9 atom stereocenters. The summed E-state index contributed by atoms with van der Waals surface area (Å²) < 4.78 is 23.6. The summed E-state index contributed by atoms with van der Waals surface area (Å²) >= 11 is 0. The maximum absolute atomic E-state index is 14.4. The van der Waals surface area contributed by atoms with Gasteiger partial charge in [-0.1, -0.05) is 45.9 Å². The van der Waals surface area contributed by atoms with Crippen LogP contribution in [-0.4, -0.2) is 130 Å². The lowest BCUT2D eigenvalue weighted by atomic mass is 9.78. The summed E-state index contributed by atoms with van der Waals surface area (Å²) in [5.74, 6) is -8.34. The van der Waals surface area contributed by atoms with Crippen LogP contribution in [0.3, 0.4) is 0 Å². The van der Waals surface area contributed by atoms with E-state index in [1.807, 2.05) is 7.05 Å². The number of hydrogen-bond acceptors (Lipinski definition) is 15. The smallest absolute Gasteiger partial charge is 0.312 e. The van der Waals surface area contributed by atoms with Gasteiger partial charge in [-0.25, -0.2) is 0 Å². The van der Waals surface area contributed by atoms with Gasteiger partial charge in [-0.3, -0.25) is 19.4 Å². The van der Waals surface area contributed by atoms with E-state index in [1.165, 1.54) is 59.4 Å². The van der Waals surface area contributed by atoms with Crippen LogP contribution in [0.2, 0.25) is 0 Å². The number of hydrazone groups is 1. The number of phenols is 3. The zero-order chi connectivity index (χ0) is 43.7. The van der Waals surface area contributed by atoms with Gasteiger partial charge in [-0.2, -0.15) is 5.10 Å². The summed E-state index contributed by atoms with van der Waals surface area (Å²) in [5.41, 5.74) is -0.350. The lowest BCUT2D eigenvalue weighted by Gasteiger charge is -2.38. The first kappa shape index (κ1) is 44.9.